The average molecular weight is 210 g/mol. The van der Waals surface area contributed by atoms with E-state index in [1.54, 1.807) is 0 Å². The molecule has 0 aliphatic carbocycles. The van der Waals surface area contributed by atoms with Gasteiger partial charge in [-0.1, -0.05) is 18.2 Å². The molecule has 12 heavy (non-hydrogen) atoms. The molecule has 1 amide bonds. The SMILES string of the molecule is C=C(Cl)CNC(=O)CCCCCl. The molecule has 0 aliphatic rings. The summed E-state index contributed by atoms with van der Waals surface area (Å²) in [7, 11) is 0. The van der Waals surface area contributed by atoms with E-state index in [4.69, 9.17) is 23.2 Å². The highest BCUT2D eigenvalue weighted by Crippen LogP contribution is 1.98. The first-order valence-corrected chi connectivity index (χ1v) is 4.74. The van der Waals surface area contributed by atoms with Crippen molar-refractivity contribution in [2.45, 2.75) is 19.3 Å². The number of amides is 1. The molecule has 0 aromatic heterocycles. The van der Waals surface area contributed by atoms with Gasteiger partial charge in [-0.15, -0.1) is 11.6 Å². The molecule has 1 N–H and O–H groups in total. The molecule has 0 atom stereocenters. The Morgan fingerprint density at radius 2 is 2.08 bits per heavy atom. The van der Waals surface area contributed by atoms with Crippen molar-refractivity contribution in [3.8, 4) is 0 Å². The Morgan fingerprint density at radius 1 is 1.42 bits per heavy atom. The van der Waals surface area contributed by atoms with Crippen LogP contribution < -0.4 is 5.32 Å². The Labute approximate surface area is 82.9 Å². The van der Waals surface area contributed by atoms with Gasteiger partial charge in [0.25, 0.3) is 0 Å². The van der Waals surface area contributed by atoms with Crippen LogP contribution in [0.15, 0.2) is 11.6 Å². The van der Waals surface area contributed by atoms with Crippen LogP contribution in [0.1, 0.15) is 19.3 Å². The van der Waals surface area contributed by atoms with Crippen LogP contribution in [0.2, 0.25) is 0 Å². The van der Waals surface area contributed by atoms with Crippen molar-refractivity contribution < 1.29 is 4.79 Å². The van der Waals surface area contributed by atoms with Crippen LogP contribution in [0.3, 0.4) is 0 Å². The molecule has 0 rings (SSSR count). The molecule has 0 heterocycles. The summed E-state index contributed by atoms with van der Waals surface area (Å²) >= 11 is 10.9. The first kappa shape index (κ1) is 11.8. The molecule has 2 nitrogen and oxygen atoms in total. The molecule has 0 fully saturated rings. The number of nitrogens with one attached hydrogen (secondary N) is 1. The summed E-state index contributed by atoms with van der Waals surface area (Å²) in [5, 5.41) is 3.07. The minimum Gasteiger partial charge on any atom is -0.351 e. The number of rotatable bonds is 6. The molecule has 0 bridgehead atoms. The summed E-state index contributed by atoms with van der Waals surface area (Å²) in [4.78, 5) is 11.0. The lowest BCUT2D eigenvalue weighted by Gasteiger charge is -2.02. The quantitative estimate of drug-likeness (QED) is 0.528. The summed E-state index contributed by atoms with van der Waals surface area (Å²) in [6.45, 7) is 3.80. The number of halogens is 2. The smallest absolute Gasteiger partial charge is 0.220 e. The zero-order chi connectivity index (χ0) is 9.40. The fraction of sp³-hybridized carbons (Fsp3) is 0.625. The second kappa shape index (κ2) is 7.44. The fourth-order valence-electron chi connectivity index (χ4n) is 0.663. The predicted octanol–water partition coefficient (Wildman–Crippen LogP) is 2.26. The third-order valence-electron chi connectivity index (χ3n) is 1.26. The first-order chi connectivity index (χ1) is 5.66. The van der Waals surface area contributed by atoms with Gasteiger partial charge in [-0.25, -0.2) is 0 Å². The van der Waals surface area contributed by atoms with Gasteiger partial charge in [0, 0.05) is 17.3 Å². The Kier molecular flexibility index (Phi) is 7.31. The number of alkyl halides is 1. The van der Waals surface area contributed by atoms with E-state index in [0.29, 0.717) is 23.9 Å². The van der Waals surface area contributed by atoms with Crippen LogP contribution in [0.25, 0.3) is 0 Å². The average Bonchev–Trinajstić information content (AvgIpc) is 2.01. The van der Waals surface area contributed by atoms with Gasteiger partial charge in [-0.2, -0.15) is 0 Å². The molecular weight excluding hydrogens is 197 g/mol. The van der Waals surface area contributed by atoms with Crippen LogP contribution in [0.5, 0.6) is 0 Å². The van der Waals surface area contributed by atoms with Gasteiger partial charge in [0.15, 0.2) is 0 Å². The highest BCUT2D eigenvalue weighted by molar-refractivity contribution is 6.29. The number of hydrogen-bond donors (Lipinski definition) is 1. The molecule has 0 spiro atoms. The van der Waals surface area contributed by atoms with Crippen LogP contribution in [-0.4, -0.2) is 18.3 Å². The summed E-state index contributed by atoms with van der Waals surface area (Å²) in [6.07, 6.45) is 2.21. The number of carbonyl (C=O) groups is 1. The molecule has 0 saturated carbocycles. The van der Waals surface area contributed by atoms with Gasteiger partial charge < -0.3 is 5.32 Å². The molecule has 0 aliphatic heterocycles. The minimum absolute atomic E-state index is 0.00177. The van der Waals surface area contributed by atoms with E-state index in [9.17, 15) is 4.79 Å². The lowest BCUT2D eigenvalue weighted by Crippen LogP contribution is -2.23. The topological polar surface area (TPSA) is 29.1 Å². The van der Waals surface area contributed by atoms with Gasteiger partial charge in [0.05, 0.1) is 6.54 Å². The van der Waals surface area contributed by atoms with E-state index < -0.39 is 0 Å². The normalized spacial score (nSPS) is 9.50. The number of carbonyl (C=O) groups excluding carboxylic acids is 1. The van der Waals surface area contributed by atoms with Crippen molar-refractivity contribution in [2.24, 2.45) is 0 Å². The molecule has 0 unspecified atom stereocenters. The molecule has 4 heteroatoms. The van der Waals surface area contributed by atoms with Crippen molar-refractivity contribution >= 4 is 29.1 Å². The molecule has 70 valence electrons. The molecule has 0 radical (unpaired) electrons. The monoisotopic (exact) mass is 209 g/mol. The van der Waals surface area contributed by atoms with E-state index in [0.717, 1.165) is 12.8 Å². The molecule has 0 aromatic rings. The summed E-state index contributed by atoms with van der Waals surface area (Å²) in [5.74, 6) is 0.608. The molecular formula is C8H13Cl2NO. The number of hydrogen-bond acceptors (Lipinski definition) is 1. The van der Waals surface area contributed by atoms with Crippen LogP contribution in [0.4, 0.5) is 0 Å². The molecule has 0 aromatic carbocycles. The fourth-order valence-corrected chi connectivity index (χ4v) is 0.919. The lowest BCUT2D eigenvalue weighted by atomic mass is 10.2. The van der Waals surface area contributed by atoms with Gasteiger partial charge in [-0.3, -0.25) is 4.79 Å². The second-order valence-corrected chi connectivity index (χ2v) is 3.35. The predicted molar refractivity (Wildman–Crippen MR) is 52.6 cm³/mol. The van der Waals surface area contributed by atoms with Crippen LogP contribution in [-0.2, 0) is 4.79 Å². The van der Waals surface area contributed by atoms with E-state index >= 15 is 0 Å². The zero-order valence-electron chi connectivity index (χ0n) is 6.91. The maximum Gasteiger partial charge on any atom is 0.220 e. The van der Waals surface area contributed by atoms with E-state index in [-0.39, 0.29) is 5.91 Å². The van der Waals surface area contributed by atoms with Gasteiger partial charge in [-0.05, 0) is 12.8 Å². The standard InChI is InChI=1S/C8H13Cl2NO/c1-7(10)6-11-8(12)4-2-3-5-9/h1-6H2,(H,11,12). The van der Waals surface area contributed by atoms with Gasteiger partial charge in [0.1, 0.15) is 0 Å². The largest absolute Gasteiger partial charge is 0.351 e. The third-order valence-corrected chi connectivity index (χ3v) is 1.67. The van der Waals surface area contributed by atoms with E-state index in [2.05, 4.69) is 11.9 Å². The minimum atomic E-state index is 0.00177. The van der Waals surface area contributed by atoms with E-state index in [1.807, 2.05) is 0 Å². The number of unbranched alkanes of at least 4 members (excludes halogenated alkanes) is 1. The first-order valence-electron chi connectivity index (χ1n) is 3.82. The van der Waals surface area contributed by atoms with Crippen molar-refractivity contribution in [1.82, 2.24) is 5.32 Å². The summed E-state index contributed by atoms with van der Waals surface area (Å²) in [5.41, 5.74) is 0. The van der Waals surface area contributed by atoms with E-state index in [1.165, 1.54) is 0 Å². The van der Waals surface area contributed by atoms with Gasteiger partial charge >= 0.3 is 0 Å². The molecule has 0 saturated heterocycles. The van der Waals surface area contributed by atoms with Crippen molar-refractivity contribution in [3.63, 3.8) is 0 Å². The maximum atomic E-state index is 11.0. The van der Waals surface area contributed by atoms with Crippen LogP contribution in [0, 0.1) is 0 Å². The summed E-state index contributed by atoms with van der Waals surface area (Å²) < 4.78 is 0. The van der Waals surface area contributed by atoms with Crippen molar-refractivity contribution in [1.29, 1.82) is 0 Å². The second-order valence-electron chi connectivity index (χ2n) is 2.44. The maximum absolute atomic E-state index is 11.0. The Bertz CT molecular complexity index is 159. The highest BCUT2D eigenvalue weighted by atomic mass is 35.5. The van der Waals surface area contributed by atoms with Crippen molar-refractivity contribution in [3.05, 3.63) is 11.6 Å². The Hall–Kier alpha value is -0.210. The summed E-state index contributed by atoms with van der Waals surface area (Å²) in [6, 6.07) is 0. The van der Waals surface area contributed by atoms with Gasteiger partial charge in [0.2, 0.25) is 5.91 Å². The zero-order valence-corrected chi connectivity index (χ0v) is 8.42. The Morgan fingerprint density at radius 3 is 2.58 bits per heavy atom. The lowest BCUT2D eigenvalue weighted by molar-refractivity contribution is -0.120. The van der Waals surface area contributed by atoms with Crippen LogP contribution >= 0.6 is 23.2 Å². The highest BCUT2D eigenvalue weighted by Gasteiger charge is 1.99. The Balaban J connectivity index is 3.28. The van der Waals surface area contributed by atoms with Crippen molar-refractivity contribution in [2.75, 3.05) is 12.4 Å². The third kappa shape index (κ3) is 7.89.